The highest BCUT2D eigenvalue weighted by Gasteiger charge is 2.35. The minimum atomic E-state index is -0.561. The van der Waals surface area contributed by atoms with Crippen LogP contribution in [0.1, 0.15) is 52.0 Å². The van der Waals surface area contributed by atoms with E-state index in [1.165, 1.54) is 0 Å². The van der Waals surface area contributed by atoms with Gasteiger partial charge in [-0.3, -0.25) is 14.5 Å². The zero-order valence-electron chi connectivity index (χ0n) is 19.4. The molecule has 0 N–H and O–H groups in total. The van der Waals surface area contributed by atoms with Gasteiger partial charge in [-0.1, -0.05) is 25.8 Å². The molecule has 2 amide bonds. The van der Waals surface area contributed by atoms with Gasteiger partial charge in [0.2, 0.25) is 0 Å². The molecule has 0 bridgehead atoms. The van der Waals surface area contributed by atoms with Gasteiger partial charge in [0.25, 0.3) is 11.8 Å². The number of nitrogens with zero attached hydrogens (tertiary/aromatic N) is 2. The summed E-state index contributed by atoms with van der Waals surface area (Å²) in [5.74, 6) is 0.271. The quantitative estimate of drug-likeness (QED) is 0.274. The first kappa shape index (κ1) is 25.2. The number of unbranched alkanes of at least 4 members (excludes halogenated alkanes) is 2. The van der Waals surface area contributed by atoms with E-state index in [-0.39, 0.29) is 12.1 Å². The van der Waals surface area contributed by atoms with Crippen molar-refractivity contribution in [1.82, 2.24) is 4.90 Å². The molecule has 7 heteroatoms. The fourth-order valence-corrected chi connectivity index (χ4v) is 3.40. The van der Waals surface area contributed by atoms with Crippen LogP contribution in [0.4, 0.5) is 0 Å². The van der Waals surface area contributed by atoms with E-state index in [0.717, 1.165) is 29.7 Å². The number of imide groups is 1. The van der Waals surface area contributed by atoms with Crippen molar-refractivity contribution in [2.75, 3.05) is 33.5 Å². The van der Waals surface area contributed by atoms with Crippen molar-refractivity contribution in [2.24, 2.45) is 0 Å². The molecule has 2 rings (SSSR count). The van der Waals surface area contributed by atoms with Gasteiger partial charge in [0.15, 0.2) is 11.5 Å². The molecule has 0 saturated heterocycles. The van der Waals surface area contributed by atoms with Crippen LogP contribution < -0.4 is 9.47 Å². The fourth-order valence-electron chi connectivity index (χ4n) is 3.40. The highest BCUT2D eigenvalue weighted by atomic mass is 16.5. The summed E-state index contributed by atoms with van der Waals surface area (Å²) in [6.07, 6.45) is 5.37. The number of hydrogen-bond donors (Lipinski definition) is 0. The summed E-state index contributed by atoms with van der Waals surface area (Å²) >= 11 is 0. The molecule has 0 atom stereocenters. The SMILES string of the molecule is CCCCCOc1ccc(/C=C2/C(=O)N(CCCOC)C(=O)C(C#N)=C2C)cc1OCC. The number of rotatable bonds is 12. The molecule has 0 saturated carbocycles. The summed E-state index contributed by atoms with van der Waals surface area (Å²) in [5.41, 5.74) is 1.40. The maximum atomic E-state index is 13.1. The zero-order chi connectivity index (χ0) is 23.5. The van der Waals surface area contributed by atoms with Gasteiger partial charge in [-0.2, -0.15) is 5.26 Å². The molecular formula is C25H32N2O5. The van der Waals surface area contributed by atoms with E-state index in [1.54, 1.807) is 20.1 Å². The second-order valence-electron chi connectivity index (χ2n) is 7.47. The van der Waals surface area contributed by atoms with Crippen LogP contribution in [0.15, 0.2) is 34.9 Å². The highest BCUT2D eigenvalue weighted by Crippen LogP contribution is 2.32. The monoisotopic (exact) mass is 440 g/mol. The molecule has 1 aromatic rings. The van der Waals surface area contributed by atoms with E-state index >= 15 is 0 Å². The number of hydrogen-bond acceptors (Lipinski definition) is 6. The van der Waals surface area contributed by atoms with Crippen LogP contribution in [0.5, 0.6) is 11.5 Å². The molecule has 1 aliphatic rings. The molecule has 0 spiro atoms. The number of carbonyl (C=O) groups excluding carboxylic acids is 2. The highest BCUT2D eigenvalue weighted by molar-refractivity contribution is 6.19. The predicted octanol–water partition coefficient (Wildman–Crippen LogP) is 4.28. The minimum Gasteiger partial charge on any atom is -0.490 e. The first-order valence-corrected chi connectivity index (χ1v) is 11.1. The largest absolute Gasteiger partial charge is 0.490 e. The first-order valence-electron chi connectivity index (χ1n) is 11.1. The third-order valence-corrected chi connectivity index (χ3v) is 5.14. The summed E-state index contributed by atoms with van der Waals surface area (Å²) in [4.78, 5) is 26.8. The molecule has 1 aliphatic heterocycles. The van der Waals surface area contributed by atoms with Crippen molar-refractivity contribution in [3.05, 3.63) is 40.5 Å². The Morgan fingerprint density at radius 3 is 2.47 bits per heavy atom. The van der Waals surface area contributed by atoms with Crippen LogP contribution in [0.25, 0.3) is 6.08 Å². The summed E-state index contributed by atoms with van der Waals surface area (Å²) < 4.78 is 16.6. The smallest absolute Gasteiger partial charge is 0.271 e. The molecule has 1 aromatic carbocycles. The summed E-state index contributed by atoms with van der Waals surface area (Å²) in [5, 5.41) is 9.51. The number of nitriles is 1. The van der Waals surface area contributed by atoms with E-state index < -0.39 is 11.8 Å². The van der Waals surface area contributed by atoms with Gasteiger partial charge in [0.05, 0.1) is 13.2 Å². The molecule has 0 unspecified atom stereocenters. The molecule has 1 heterocycles. The molecule has 172 valence electrons. The average Bonchev–Trinajstić information content (AvgIpc) is 2.78. The van der Waals surface area contributed by atoms with E-state index in [9.17, 15) is 14.9 Å². The maximum absolute atomic E-state index is 13.1. The van der Waals surface area contributed by atoms with E-state index in [1.807, 2.05) is 31.2 Å². The topological polar surface area (TPSA) is 88.9 Å². The van der Waals surface area contributed by atoms with Gasteiger partial charge in [-0.15, -0.1) is 0 Å². The molecule has 7 nitrogen and oxygen atoms in total. The third-order valence-electron chi connectivity index (χ3n) is 5.14. The number of methoxy groups -OCH3 is 1. The molecule has 32 heavy (non-hydrogen) atoms. The van der Waals surface area contributed by atoms with Gasteiger partial charge >= 0.3 is 0 Å². The molecule has 0 aromatic heterocycles. The van der Waals surface area contributed by atoms with Crippen LogP contribution >= 0.6 is 0 Å². The molecule has 0 fully saturated rings. The third kappa shape index (κ3) is 6.21. The standard InChI is InChI=1S/C25H32N2O5/c1-5-7-8-14-32-22-11-10-19(16-23(22)31-6-2)15-20-18(3)21(17-26)25(29)27(24(20)28)12-9-13-30-4/h10-11,15-16H,5-9,12-14H2,1-4H3/b20-15+. The van der Waals surface area contributed by atoms with Crippen molar-refractivity contribution < 1.29 is 23.8 Å². The van der Waals surface area contributed by atoms with E-state index in [4.69, 9.17) is 14.2 Å². The van der Waals surface area contributed by atoms with E-state index in [2.05, 4.69) is 6.92 Å². The van der Waals surface area contributed by atoms with Gasteiger partial charge < -0.3 is 14.2 Å². The summed E-state index contributed by atoms with van der Waals surface area (Å²) in [6, 6.07) is 7.42. The number of carbonyl (C=O) groups is 2. The van der Waals surface area contributed by atoms with Gasteiger partial charge in [-0.25, -0.2) is 0 Å². The Morgan fingerprint density at radius 2 is 1.81 bits per heavy atom. The van der Waals surface area contributed by atoms with Gasteiger partial charge in [0.1, 0.15) is 11.6 Å². The van der Waals surface area contributed by atoms with Crippen molar-refractivity contribution in [1.29, 1.82) is 5.26 Å². The number of ether oxygens (including phenoxy) is 3. The minimum absolute atomic E-state index is 0.0193. The Morgan fingerprint density at radius 1 is 1.03 bits per heavy atom. The normalized spacial score (nSPS) is 15.3. The number of amides is 2. The van der Waals surface area contributed by atoms with Crippen molar-refractivity contribution in [3.63, 3.8) is 0 Å². The second-order valence-corrected chi connectivity index (χ2v) is 7.47. The first-order chi connectivity index (χ1) is 15.5. The fraction of sp³-hybridized carbons (Fsp3) is 0.480. The Balaban J connectivity index is 2.37. The van der Waals surface area contributed by atoms with Crippen LogP contribution in [0, 0.1) is 11.3 Å². The second kappa shape index (κ2) is 12.7. The lowest BCUT2D eigenvalue weighted by Crippen LogP contribution is -2.43. The predicted molar refractivity (Wildman–Crippen MR) is 122 cm³/mol. The van der Waals surface area contributed by atoms with E-state index in [0.29, 0.717) is 48.9 Å². The van der Waals surface area contributed by atoms with Crippen LogP contribution in [0.3, 0.4) is 0 Å². The van der Waals surface area contributed by atoms with Gasteiger partial charge in [0, 0.05) is 25.8 Å². The Bertz CT molecular complexity index is 927. The number of benzene rings is 1. The van der Waals surface area contributed by atoms with Crippen LogP contribution in [-0.2, 0) is 14.3 Å². The van der Waals surface area contributed by atoms with Crippen molar-refractivity contribution in [2.45, 2.75) is 46.5 Å². The lowest BCUT2D eigenvalue weighted by atomic mass is 9.93. The zero-order valence-corrected chi connectivity index (χ0v) is 19.4. The van der Waals surface area contributed by atoms with Crippen LogP contribution in [0.2, 0.25) is 0 Å². The molecular weight excluding hydrogens is 408 g/mol. The van der Waals surface area contributed by atoms with Crippen molar-refractivity contribution in [3.8, 4) is 17.6 Å². The Labute approximate surface area is 190 Å². The Kier molecular flexibility index (Phi) is 9.96. The molecule has 0 radical (unpaired) electrons. The molecule has 0 aliphatic carbocycles. The maximum Gasteiger partial charge on any atom is 0.271 e. The summed E-state index contributed by atoms with van der Waals surface area (Å²) in [6.45, 7) is 7.35. The van der Waals surface area contributed by atoms with Gasteiger partial charge in [-0.05, 0) is 56.0 Å². The summed E-state index contributed by atoms with van der Waals surface area (Å²) in [7, 11) is 1.56. The van der Waals surface area contributed by atoms with Crippen LogP contribution in [-0.4, -0.2) is 50.2 Å². The van der Waals surface area contributed by atoms with Crippen molar-refractivity contribution >= 4 is 17.9 Å². The average molecular weight is 441 g/mol. The lowest BCUT2D eigenvalue weighted by molar-refractivity contribution is -0.140. The Hall–Kier alpha value is -3.11. The lowest BCUT2D eigenvalue weighted by Gasteiger charge is -2.27.